The lowest BCUT2D eigenvalue weighted by molar-refractivity contribution is -0.117. The van der Waals surface area contributed by atoms with E-state index in [0.717, 1.165) is 19.0 Å². The van der Waals surface area contributed by atoms with Crippen LogP contribution >= 0.6 is 0 Å². The molecule has 0 atom stereocenters. The molecule has 1 heterocycles. The van der Waals surface area contributed by atoms with Crippen molar-refractivity contribution in [1.82, 2.24) is 0 Å². The fraction of sp³-hybridized carbons (Fsp3) is 0.625. The molecule has 3 nitrogen and oxygen atoms in total. The molecule has 1 saturated heterocycles. The molecule has 0 spiro atoms. The lowest BCUT2D eigenvalue weighted by Gasteiger charge is -2.53. The zero-order chi connectivity index (χ0) is 14.3. The molecule has 3 heteroatoms. The number of ether oxygens (including phenoxy) is 2. The first kappa shape index (κ1) is 14.4. The molecule has 2 rings (SSSR count). The Hall–Kier alpha value is -1.06. The molecular formula is C16H25NO2. The second-order valence-corrected chi connectivity index (χ2v) is 6.33. The van der Waals surface area contributed by atoms with Crippen LogP contribution in [0.2, 0.25) is 0 Å². The van der Waals surface area contributed by atoms with Crippen molar-refractivity contribution in [2.24, 2.45) is 11.1 Å². The van der Waals surface area contributed by atoms with Crippen LogP contribution in [0.5, 0.6) is 5.75 Å². The molecule has 19 heavy (non-hydrogen) atoms. The van der Waals surface area contributed by atoms with Crippen molar-refractivity contribution >= 4 is 0 Å². The molecule has 0 saturated carbocycles. The minimum absolute atomic E-state index is 0.0151. The molecule has 1 aromatic carbocycles. The summed E-state index contributed by atoms with van der Waals surface area (Å²) in [5.41, 5.74) is 9.64. The smallest absolute Gasteiger partial charge is 0.125 e. The first-order valence-electron chi connectivity index (χ1n) is 6.81. The van der Waals surface area contributed by atoms with Crippen LogP contribution in [-0.4, -0.2) is 26.9 Å². The fourth-order valence-electron chi connectivity index (χ4n) is 2.99. The SMILES string of the molecule is COc1c(C)cc(C)cc1C1(C(C)(C)CN)COC1. The Balaban J connectivity index is 2.62. The number of methoxy groups -OCH3 is 1. The van der Waals surface area contributed by atoms with Gasteiger partial charge in [0.05, 0.1) is 25.7 Å². The maximum Gasteiger partial charge on any atom is 0.125 e. The lowest BCUT2D eigenvalue weighted by Crippen LogP contribution is -2.59. The third-order valence-electron chi connectivity index (χ3n) is 4.64. The van der Waals surface area contributed by atoms with E-state index in [9.17, 15) is 0 Å². The van der Waals surface area contributed by atoms with E-state index in [-0.39, 0.29) is 10.8 Å². The summed E-state index contributed by atoms with van der Waals surface area (Å²) in [4.78, 5) is 0. The molecule has 1 aliphatic heterocycles. The van der Waals surface area contributed by atoms with Gasteiger partial charge in [-0.1, -0.05) is 31.5 Å². The summed E-state index contributed by atoms with van der Waals surface area (Å²) in [6.07, 6.45) is 0. The quantitative estimate of drug-likeness (QED) is 0.908. The predicted octanol–water partition coefficient (Wildman–Crippen LogP) is 2.56. The second-order valence-electron chi connectivity index (χ2n) is 6.33. The topological polar surface area (TPSA) is 44.5 Å². The highest BCUT2D eigenvalue weighted by Crippen LogP contribution is 2.50. The van der Waals surface area contributed by atoms with Crippen LogP contribution in [0, 0.1) is 19.3 Å². The van der Waals surface area contributed by atoms with Crippen LogP contribution in [0.15, 0.2) is 12.1 Å². The van der Waals surface area contributed by atoms with Crippen LogP contribution in [0.25, 0.3) is 0 Å². The van der Waals surface area contributed by atoms with Crippen molar-refractivity contribution in [3.05, 3.63) is 28.8 Å². The fourth-order valence-corrected chi connectivity index (χ4v) is 2.99. The first-order chi connectivity index (χ1) is 8.88. The summed E-state index contributed by atoms with van der Waals surface area (Å²) in [5.74, 6) is 0.982. The van der Waals surface area contributed by atoms with Gasteiger partial charge in [0.2, 0.25) is 0 Å². The molecule has 106 valence electrons. The van der Waals surface area contributed by atoms with E-state index in [1.54, 1.807) is 7.11 Å². The zero-order valence-electron chi connectivity index (χ0n) is 12.7. The molecular weight excluding hydrogens is 238 g/mol. The van der Waals surface area contributed by atoms with Crippen LogP contribution < -0.4 is 10.5 Å². The average molecular weight is 263 g/mol. The summed E-state index contributed by atoms with van der Waals surface area (Å²) < 4.78 is 11.2. The van der Waals surface area contributed by atoms with Gasteiger partial charge >= 0.3 is 0 Å². The van der Waals surface area contributed by atoms with E-state index in [4.69, 9.17) is 15.2 Å². The van der Waals surface area contributed by atoms with Crippen molar-refractivity contribution < 1.29 is 9.47 Å². The molecule has 0 unspecified atom stereocenters. The summed E-state index contributed by atoms with van der Waals surface area (Å²) in [5, 5.41) is 0. The summed E-state index contributed by atoms with van der Waals surface area (Å²) >= 11 is 0. The van der Waals surface area contributed by atoms with Gasteiger partial charge in [-0.05, 0) is 31.4 Å². The number of aryl methyl sites for hydroxylation is 2. The first-order valence-corrected chi connectivity index (χ1v) is 6.81. The number of hydrogen-bond donors (Lipinski definition) is 1. The Kier molecular flexibility index (Phi) is 3.63. The number of rotatable bonds is 4. The van der Waals surface area contributed by atoms with Gasteiger partial charge in [0.25, 0.3) is 0 Å². The predicted molar refractivity (Wildman–Crippen MR) is 77.8 cm³/mol. The average Bonchev–Trinajstić information content (AvgIpc) is 2.26. The van der Waals surface area contributed by atoms with E-state index in [1.807, 2.05) is 0 Å². The van der Waals surface area contributed by atoms with E-state index in [2.05, 4.69) is 39.8 Å². The lowest BCUT2D eigenvalue weighted by atomic mass is 9.59. The molecule has 2 N–H and O–H groups in total. The van der Waals surface area contributed by atoms with Crippen molar-refractivity contribution in [3.8, 4) is 5.75 Å². The largest absolute Gasteiger partial charge is 0.496 e. The Morgan fingerprint density at radius 3 is 2.37 bits per heavy atom. The van der Waals surface area contributed by atoms with E-state index < -0.39 is 0 Å². The molecule has 0 aliphatic carbocycles. The van der Waals surface area contributed by atoms with Gasteiger partial charge in [-0.3, -0.25) is 0 Å². The van der Waals surface area contributed by atoms with Crippen LogP contribution in [0.3, 0.4) is 0 Å². The monoisotopic (exact) mass is 263 g/mol. The Morgan fingerprint density at radius 2 is 1.95 bits per heavy atom. The zero-order valence-corrected chi connectivity index (χ0v) is 12.7. The third kappa shape index (κ3) is 2.05. The molecule has 0 bridgehead atoms. The van der Waals surface area contributed by atoms with E-state index in [0.29, 0.717) is 6.54 Å². The normalized spacial score (nSPS) is 18.0. The van der Waals surface area contributed by atoms with Gasteiger partial charge < -0.3 is 15.2 Å². The minimum atomic E-state index is -0.0378. The number of hydrogen-bond acceptors (Lipinski definition) is 3. The van der Waals surface area contributed by atoms with Gasteiger partial charge in [0.1, 0.15) is 5.75 Å². The minimum Gasteiger partial charge on any atom is -0.496 e. The summed E-state index contributed by atoms with van der Waals surface area (Å²) in [6.45, 7) is 10.7. The van der Waals surface area contributed by atoms with E-state index in [1.165, 1.54) is 16.7 Å². The van der Waals surface area contributed by atoms with Gasteiger partial charge in [-0.25, -0.2) is 0 Å². The molecule has 0 radical (unpaired) electrons. The molecule has 0 amide bonds. The number of nitrogens with two attached hydrogens (primary N) is 1. The van der Waals surface area contributed by atoms with Gasteiger partial charge in [-0.15, -0.1) is 0 Å². The van der Waals surface area contributed by atoms with Crippen LogP contribution in [0.1, 0.15) is 30.5 Å². The Labute approximate surface area is 116 Å². The van der Waals surface area contributed by atoms with Crippen molar-refractivity contribution in [2.75, 3.05) is 26.9 Å². The van der Waals surface area contributed by atoms with E-state index >= 15 is 0 Å². The van der Waals surface area contributed by atoms with Crippen molar-refractivity contribution in [2.45, 2.75) is 33.1 Å². The second kappa shape index (κ2) is 4.80. The highest BCUT2D eigenvalue weighted by atomic mass is 16.5. The Morgan fingerprint density at radius 1 is 1.32 bits per heavy atom. The van der Waals surface area contributed by atoms with Crippen LogP contribution in [-0.2, 0) is 10.2 Å². The third-order valence-corrected chi connectivity index (χ3v) is 4.64. The molecule has 1 aliphatic rings. The highest BCUT2D eigenvalue weighted by Gasteiger charge is 2.53. The van der Waals surface area contributed by atoms with Crippen molar-refractivity contribution in [3.63, 3.8) is 0 Å². The summed E-state index contributed by atoms with van der Waals surface area (Å²) in [6, 6.07) is 4.39. The highest BCUT2D eigenvalue weighted by molar-refractivity contribution is 5.50. The van der Waals surface area contributed by atoms with Gasteiger partial charge in [-0.2, -0.15) is 0 Å². The molecule has 0 aromatic heterocycles. The van der Waals surface area contributed by atoms with Gasteiger partial charge in [0.15, 0.2) is 0 Å². The molecule has 1 aromatic rings. The van der Waals surface area contributed by atoms with Gasteiger partial charge in [0, 0.05) is 5.56 Å². The van der Waals surface area contributed by atoms with Crippen LogP contribution in [0.4, 0.5) is 0 Å². The maximum absolute atomic E-state index is 6.01. The van der Waals surface area contributed by atoms with Crippen molar-refractivity contribution in [1.29, 1.82) is 0 Å². The number of benzene rings is 1. The summed E-state index contributed by atoms with van der Waals surface area (Å²) in [7, 11) is 1.74. The Bertz CT molecular complexity index is 476. The molecule has 1 fully saturated rings. The standard InChI is InChI=1S/C16H25NO2/c1-11-6-12(2)14(18-5)13(7-11)16(9-19-10-16)15(3,4)8-17/h6-7H,8-10,17H2,1-5H3. The maximum atomic E-state index is 6.01.